The molecule has 2 saturated heterocycles. The Hall–Kier alpha value is 0.0800. The first-order valence-corrected chi connectivity index (χ1v) is 8.99. The maximum absolute atomic E-state index is 12.5. The largest absolute Gasteiger partial charge is 0.383 e. The molecule has 124 valence electrons. The third-order valence-corrected chi connectivity index (χ3v) is 6.59. The van der Waals surface area contributed by atoms with Gasteiger partial charge in [0, 0.05) is 26.2 Å². The summed E-state index contributed by atoms with van der Waals surface area (Å²) in [4.78, 5) is 0. The molecule has 3 atom stereocenters. The zero-order chi connectivity index (χ0) is 14.2. The molecule has 0 aromatic carbocycles. The molecule has 2 heterocycles. The molecule has 3 fully saturated rings. The highest BCUT2D eigenvalue weighted by atomic mass is 35.5. The van der Waals surface area contributed by atoms with Crippen LogP contribution in [0.3, 0.4) is 0 Å². The highest BCUT2D eigenvalue weighted by Gasteiger charge is 2.44. The van der Waals surface area contributed by atoms with Crippen molar-refractivity contribution in [2.24, 2.45) is 5.92 Å². The number of ether oxygens (including phenoxy) is 1. The van der Waals surface area contributed by atoms with Gasteiger partial charge in [0.2, 0.25) is 0 Å². The molecule has 3 aliphatic rings. The van der Waals surface area contributed by atoms with Crippen LogP contribution in [-0.2, 0) is 14.9 Å². The van der Waals surface area contributed by atoms with Crippen molar-refractivity contribution in [3.05, 3.63) is 0 Å². The molecule has 3 rings (SSSR count). The first kappa shape index (κ1) is 17.4. The van der Waals surface area contributed by atoms with Gasteiger partial charge >= 0.3 is 0 Å². The average Bonchev–Trinajstić information content (AvgIpc) is 3.13. The molecule has 2 N–H and O–H groups in total. The SMILES string of the molecule is COCC1(CNS(=O)(=O)N2CC3CCC2C3)CCCN1.Cl. The van der Waals surface area contributed by atoms with E-state index >= 15 is 0 Å². The Morgan fingerprint density at radius 3 is 2.76 bits per heavy atom. The van der Waals surface area contributed by atoms with E-state index in [0.29, 0.717) is 25.6 Å². The number of rotatable bonds is 6. The van der Waals surface area contributed by atoms with Crippen LogP contribution in [0.4, 0.5) is 0 Å². The van der Waals surface area contributed by atoms with Crippen LogP contribution in [0.2, 0.25) is 0 Å². The van der Waals surface area contributed by atoms with Gasteiger partial charge in [-0.3, -0.25) is 0 Å². The molecule has 0 spiro atoms. The molecular weight excluding hydrogens is 314 g/mol. The lowest BCUT2D eigenvalue weighted by molar-refractivity contribution is 0.122. The summed E-state index contributed by atoms with van der Waals surface area (Å²) >= 11 is 0. The highest BCUT2D eigenvalue weighted by molar-refractivity contribution is 7.87. The quantitative estimate of drug-likeness (QED) is 0.739. The van der Waals surface area contributed by atoms with Crippen LogP contribution in [0, 0.1) is 5.92 Å². The van der Waals surface area contributed by atoms with E-state index in [0.717, 1.165) is 32.2 Å². The Bertz CT molecular complexity index is 454. The van der Waals surface area contributed by atoms with Gasteiger partial charge in [-0.25, -0.2) is 4.72 Å². The minimum atomic E-state index is -3.35. The lowest BCUT2D eigenvalue weighted by Crippen LogP contribution is -2.55. The van der Waals surface area contributed by atoms with Crippen LogP contribution in [0.1, 0.15) is 32.1 Å². The zero-order valence-corrected chi connectivity index (χ0v) is 14.1. The number of fused-ring (bicyclic) bond motifs is 2. The van der Waals surface area contributed by atoms with Gasteiger partial charge in [0.05, 0.1) is 12.1 Å². The predicted molar refractivity (Wildman–Crippen MR) is 83.8 cm³/mol. The second-order valence-electron chi connectivity index (χ2n) is 6.47. The van der Waals surface area contributed by atoms with Crippen molar-refractivity contribution in [3.63, 3.8) is 0 Å². The van der Waals surface area contributed by atoms with E-state index in [4.69, 9.17) is 4.74 Å². The van der Waals surface area contributed by atoms with Crippen molar-refractivity contribution in [1.29, 1.82) is 0 Å². The number of nitrogens with zero attached hydrogens (tertiary/aromatic N) is 1. The summed E-state index contributed by atoms with van der Waals surface area (Å²) in [5, 5.41) is 3.40. The summed E-state index contributed by atoms with van der Waals surface area (Å²) in [6, 6.07) is 0.229. The van der Waals surface area contributed by atoms with E-state index in [1.54, 1.807) is 11.4 Å². The normalized spacial score (nSPS) is 36.0. The second kappa shape index (κ2) is 6.68. The summed E-state index contributed by atoms with van der Waals surface area (Å²) in [6.07, 6.45) is 5.27. The van der Waals surface area contributed by atoms with Crippen molar-refractivity contribution in [3.8, 4) is 0 Å². The molecule has 1 saturated carbocycles. The molecule has 0 amide bonds. The molecule has 1 aliphatic carbocycles. The van der Waals surface area contributed by atoms with Gasteiger partial charge in [0.1, 0.15) is 0 Å². The maximum Gasteiger partial charge on any atom is 0.279 e. The molecule has 21 heavy (non-hydrogen) atoms. The van der Waals surface area contributed by atoms with Crippen molar-refractivity contribution in [2.75, 3.05) is 33.4 Å². The van der Waals surface area contributed by atoms with Gasteiger partial charge in [0.15, 0.2) is 0 Å². The lowest BCUT2D eigenvalue weighted by atomic mass is 9.99. The fourth-order valence-corrected chi connectivity index (χ4v) is 5.57. The Kier molecular flexibility index (Phi) is 5.55. The number of hydrogen-bond donors (Lipinski definition) is 2. The van der Waals surface area contributed by atoms with Gasteiger partial charge in [-0.15, -0.1) is 12.4 Å². The van der Waals surface area contributed by atoms with Gasteiger partial charge < -0.3 is 10.1 Å². The van der Waals surface area contributed by atoms with Crippen LogP contribution in [0.5, 0.6) is 0 Å². The van der Waals surface area contributed by atoms with Crippen LogP contribution in [0.25, 0.3) is 0 Å². The topological polar surface area (TPSA) is 70.7 Å². The zero-order valence-electron chi connectivity index (χ0n) is 12.5. The summed E-state index contributed by atoms with van der Waals surface area (Å²) in [6.45, 7) is 2.59. The summed E-state index contributed by atoms with van der Waals surface area (Å²) in [5.41, 5.74) is -0.236. The van der Waals surface area contributed by atoms with E-state index in [-0.39, 0.29) is 24.0 Å². The third-order valence-electron chi connectivity index (χ3n) is 5.01. The van der Waals surface area contributed by atoms with Crippen molar-refractivity contribution in [1.82, 2.24) is 14.3 Å². The highest BCUT2D eigenvalue weighted by Crippen LogP contribution is 2.38. The molecule has 3 unspecified atom stereocenters. The third kappa shape index (κ3) is 3.54. The Labute approximate surface area is 133 Å². The Morgan fingerprint density at radius 2 is 2.24 bits per heavy atom. The summed E-state index contributed by atoms with van der Waals surface area (Å²) in [7, 11) is -1.68. The predicted octanol–water partition coefficient (Wildman–Crippen LogP) is 0.496. The lowest BCUT2D eigenvalue weighted by Gasteiger charge is -2.31. The first-order valence-electron chi connectivity index (χ1n) is 7.55. The molecule has 2 bridgehead atoms. The van der Waals surface area contributed by atoms with Gasteiger partial charge in [0.25, 0.3) is 10.2 Å². The van der Waals surface area contributed by atoms with E-state index in [1.807, 2.05) is 0 Å². The Balaban J connectivity index is 0.00000161. The number of hydrogen-bond acceptors (Lipinski definition) is 4. The van der Waals surface area contributed by atoms with Crippen LogP contribution in [-0.4, -0.2) is 57.7 Å². The molecular formula is C13H26ClN3O3S. The molecule has 0 radical (unpaired) electrons. The molecule has 0 aromatic heterocycles. The van der Waals surface area contributed by atoms with Crippen molar-refractivity contribution >= 4 is 22.6 Å². The number of methoxy groups -OCH3 is 1. The average molecular weight is 340 g/mol. The van der Waals surface area contributed by atoms with Crippen LogP contribution in [0.15, 0.2) is 0 Å². The maximum atomic E-state index is 12.5. The molecule has 6 nitrogen and oxygen atoms in total. The fourth-order valence-electron chi connectivity index (χ4n) is 3.96. The smallest absolute Gasteiger partial charge is 0.279 e. The monoisotopic (exact) mass is 339 g/mol. The van der Waals surface area contributed by atoms with Gasteiger partial charge in [-0.05, 0) is 44.6 Å². The van der Waals surface area contributed by atoms with E-state index < -0.39 is 10.2 Å². The second-order valence-corrected chi connectivity index (χ2v) is 8.18. The first-order chi connectivity index (χ1) is 9.55. The van der Waals surface area contributed by atoms with E-state index in [2.05, 4.69) is 10.0 Å². The van der Waals surface area contributed by atoms with Crippen LogP contribution < -0.4 is 10.0 Å². The van der Waals surface area contributed by atoms with Crippen LogP contribution >= 0.6 is 12.4 Å². The van der Waals surface area contributed by atoms with Gasteiger partial charge in [-0.1, -0.05) is 0 Å². The summed E-state index contributed by atoms with van der Waals surface area (Å²) < 4.78 is 34.7. The standard InChI is InChI=1S/C13H25N3O3S.ClH/c1-19-10-13(5-2-6-14-13)9-15-20(17,18)16-8-11-3-4-12(16)7-11;/h11-12,14-15H,2-10H2,1H3;1H. The fraction of sp³-hybridized carbons (Fsp3) is 1.00. The minimum absolute atomic E-state index is 0. The van der Waals surface area contributed by atoms with Gasteiger partial charge in [-0.2, -0.15) is 12.7 Å². The number of nitrogens with one attached hydrogen (secondary N) is 2. The Morgan fingerprint density at radius 1 is 1.43 bits per heavy atom. The van der Waals surface area contributed by atoms with Crippen molar-refractivity contribution < 1.29 is 13.2 Å². The summed E-state index contributed by atoms with van der Waals surface area (Å²) in [5.74, 6) is 0.578. The minimum Gasteiger partial charge on any atom is -0.383 e. The molecule has 0 aromatic rings. The van der Waals surface area contributed by atoms with Crippen molar-refractivity contribution in [2.45, 2.75) is 43.7 Å². The van der Waals surface area contributed by atoms with E-state index in [1.165, 1.54) is 6.42 Å². The number of piperidine rings is 1. The molecule has 8 heteroatoms. The van der Waals surface area contributed by atoms with E-state index in [9.17, 15) is 8.42 Å². The molecule has 2 aliphatic heterocycles. The number of halogens is 1.